The van der Waals surface area contributed by atoms with E-state index in [-0.39, 0.29) is 42.3 Å². The number of amides is 2. The summed E-state index contributed by atoms with van der Waals surface area (Å²) in [5.41, 5.74) is 23.7. The highest BCUT2D eigenvalue weighted by Gasteiger charge is 2.00. The number of Topliss-reactive ketones (excluding diaryl/α,β-unsaturated/α-hetero) is 3. The van der Waals surface area contributed by atoms with Crippen LogP contribution in [0.2, 0.25) is 0 Å². The number of nitrogens with two attached hydrogens (primary N) is 4. The van der Waals surface area contributed by atoms with Crippen LogP contribution >= 0.6 is 0 Å². The van der Waals surface area contributed by atoms with E-state index in [0.29, 0.717) is 31.9 Å². The van der Waals surface area contributed by atoms with Gasteiger partial charge >= 0.3 is 0 Å². The third kappa shape index (κ3) is 80.9. The number of hydrogen-bond acceptors (Lipinski definition) is 19. The molecule has 83 heavy (non-hydrogen) atoms. The number of aliphatic carboxylic acids is 2. The molecule has 0 unspecified atom stereocenters. The van der Waals surface area contributed by atoms with Gasteiger partial charge in [-0.2, -0.15) is 0 Å². The SMILES string of the molecule is CC(=O)O.CC(=O)O.CC(C)=O.CC(C)=O.CC(C)=O.CCCOc1ccc(C=O)cc1.CCCOc1ccc(CNC)cc1.CN.CN.CNCc1ccc(OCCNC(=O)CN)cc1.CNCc1ccc(OCCNC(=O)CN)cc1. The van der Waals surface area contributed by atoms with Crippen LogP contribution in [0.3, 0.4) is 0 Å². The lowest BCUT2D eigenvalue weighted by molar-refractivity contribution is -0.135. The number of aldehydes is 1. The average Bonchev–Trinajstić information content (AvgIpc) is 3.44. The van der Waals surface area contributed by atoms with Crippen molar-refractivity contribution in [1.29, 1.82) is 0 Å². The van der Waals surface area contributed by atoms with Crippen molar-refractivity contribution in [2.45, 2.75) is 102 Å². The topological polar surface area (TPSA) is 378 Å². The molecule has 0 fully saturated rings. The van der Waals surface area contributed by atoms with E-state index in [1.54, 1.807) is 24.3 Å². The molecule has 2 amide bonds. The minimum Gasteiger partial charge on any atom is -0.494 e. The molecule has 4 rings (SSSR count). The Morgan fingerprint density at radius 3 is 0.807 bits per heavy atom. The second-order valence-electron chi connectivity index (χ2n) is 16.5. The Labute approximate surface area is 494 Å². The van der Waals surface area contributed by atoms with E-state index in [0.717, 1.165) is 88.8 Å². The Bertz CT molecular complexity index is 2010. The van der Waals surface area contributed by atoms with Crippen LogP contribution < -0.4 is 68.5 Å². The molecule has 23 heteroatoms. The van der Waals surface area contributed by atoms with E-state index < -0.39 is 11.9 Å². The molecule has 4 aromatic rings. The van der Waals surface area contributed by atoms with Gasteiger partial charge in [-0.3, -0.25) is 24.0 Å². The first-order valence-electron chi connectivity index (χ1n) is 26.6. The fourth-order valence-corrected chi connectivity index (χ4v) is 4.67. The van der Waals surface area contributed by atoms with E-state index in [2.05, 4.69) is 64.0 Å². The first-order valence-corrected chi connectivity index (χ1v) is 26.6. The quantitative estimate of drug-likeness (QED) is 0.0330. The van der Waals surface area contributed by atoms with Gasteiger partial charge in [0, 0.05) is 39.0 Å². The summed E-state index contributed by atoms with van der Waals surface area (Å²) in [5.74, 6) is 1.87. The lowest BCUT2D eigenvalue weighted by Gasteiger charge is -2.07. The molecular formula is C60H103N9O14. The van der Waals surface area contributed by atoms with Crippen LogP contribution in [0.5, 0.6) is 23.0 Å². The van der Waals surface area contributed by atoms with Crippen LogP contribution in [0, 0.1) is 0 Å². The normalized spacial score (nSPS) is 8.71. The minimum absolute atomic E-state index is 0.0126. The van der Waals surface area contributed by atoms with Gasteiger partial charge in [0.1, 0.15) is 59.8 Å². The van der Waals surface area contributed by atoms with Crippen LogP contribution in [-0.4, -0.2) is 145 Å². The molecule has 0 spiro atoms. The molecule has 0 aliphatic heterocycles. The molecule has 0 aliphatic carbocycles. The van der Waals surface area contributed by atoms with E-state index in [4.69, 9.17) is 50.2 Å². The smallest absolute Gasteiger partial charge is 0.300 e. The van der Waals surface area contributed by atoms with Crippen LogP contribution in [0.1, 0.15) is 109 Å². The summed E-state index contributed by atoms with van der Waals surface area (Å²) < 4.78 is 21.7. The van der Waals surface area contributed by atoms with Crippen molar-refractivity contribution >= 4 is 47.4 Å². The van der Waals surface area contributed by atoms with E-state index in [1.165, 1.54) is 72.3 Å². The lowest BCUT2D eigenvalue weighted by atomic mass is 10.2. The number of hydrogen-bond donors (Lipinski definition) is 11. The maximum atomic E-state index is 10.8. The summed E-state index contributed by atoms with van der Waals surface area (Å²) in [6, 6.07) is 31.0. The van der Waals surface area contributed by atoms with Gasteiger partial charge in [-0.1, -0.05) is 50.2 Å². The van der Waals surface area contributed by atoms with Crippen molar-refractivity contribution in [2.75, 3.05) is 87.8 Å². The first kappa shape index (κ1) is 89.2. The number of nitrogens with one attached hydrogen (secondary N) is 5. The number of carboxylic acids is 2. The van der Waals surface area contributed by atoms with Gasteiger partial charge in [-0.15, -0.1) is 0 Å². The summed E-state index contributed by atoms with van der Waals surface area (Å²) in [6.45, 7) is 21.4. The summed E-state index contributed by atoms with van der Waals surface area (Å²) in [4.78, 5) is 78.3. The second kappa shape index (κ2) is 68.6. The largest absolute Gasteiger partial charge is 0.494 e. The molecule has 23 nitrogen and oxygen atoms in total. The van der Waals surface area contributed by atoms with Gasteiger partial charge < -0.3 is 93.1 Å². The third-order valence-corrected chi connectivity index (χ3v) is 7.63. The number of carbonyl (C=O) groups excluding carboxylic acids is 6. The molecule has 0 radical (unpaired) electrons. The Morgan fingerprint density at radius 1 is 0.422 bits per heavy atom. The predicted octanol–water partition coefficient (Wildman–Crippen LogP) is 5.32. The number of rotatable bonds is 23. The molecule has 15 N–H and O–H groups in total. The molecule has 0 atom stereocenters. The van der Waals surface area contributed by atoms with Crippen LogP contribution in [0.15, 0.2) is 97.1 Å². The summed E-state index contributed by atoms with van der Waals surface area (Å²) in [5, 5.41) is 29.4. The summed E-state index contributed by atoms with van der Waals surface area (Å²) >= 11 is 0. The van der Waals surface area contributed by atoms with Gasteiger partial charge in [0.2, 0.25) is 11.8 Å². The lowest BCUT2D eigenvalue weighted by Crippen LogP contribution is -2.33. The highest BCUT2D eigenvalue weighted by molar-refractivity contribution is 5.78. The first-order chi connectivity index (χ1) is 39.4. The third-order valence-electron chi connectivity index (χ3n) is 7.63. The summed E-state index contributed by atoms with van der Waals surface area (Å²) in [6.07, 6.45) is 2.87. The van der Waals surface area contributed by atoms with Crippen LogP contribution in [0.25, 0.3) is 0 Å². The van der Waals surface area contributed by atoms with Crippen molar-refractivity contribution in [2.24, 2.45) is 22.9 Å². The van der Waals surface area contributed by atoms with Crippen molar-refractivity contribution in [3.05, 3.63) is 119 Å². The molecule has 0 aromatic heterocycles. The highest BCUT2D eigenvalue weighted by atomic mass is 16.5. The fourth-order valence-electron chi connectivity index (χ4n) is 4.67. The Kier molecular flexibility index (Phi) is 73.7. The zero-order valence-corrected chi connectivity index (χ0v) is 52.1. The Morgan fingerprint density at radius 2 is 0.627 bits per heavy atom. The van der Waals surface area contributed by atoms with Crippen LogP contribution in [0.4, 0.5) is 0 Å². The van der Waals surface area contributed by atoms with Gasteiger partial charge in [0.15, 0.2) is 0 Å². The minimum atomic E-state index is -0.833. The van der Waals surface area contributed by atoms with Gasteiger partial charge in [0.05, 0.1) is 39.4 Å². The van der Waals surface area contributed by atoms with Gasteiger partial charge in [-0.05, 0) is 167 Å². The zero-order chi connectivity index (χ0) is 65.2. The number of ether oxygens (including phenoxy) is 4. The molecule has 0 heterocycles. The maximum Gasteiger partial charge on any atom is 0.300 e. The molecule has 4 aromatic carbocycles. The molecule has 0 saturated heterocycles. The van der Waals surface area contributed by atoms with E-state index in [9.17, 15) is 28.8 Å². The van der Waals surface area contributed by atoms with Crippen molar-refractivity contribution in [3.63, 3.8) is 0 Å². The monoisotopic (exact) mass is 1170 g/mol. The number of carbonyl (C=O) groups is 8. The summed E-state index contributed by atoms with van der Waals surface area (Å²) in [7, 11) is 8.76. The van der Waals surface area contributed by atoms with Crippen LogP contribution in [-0.2, 0) is 53.2 Å². The van der Waals surface area contributed by atoms with Crippen molar-refractivity contribution in [1.82, 2.24) is 26.6 Å². The number of carboxylic acid groups (broad SMARTS) is 2. The predicted molar refractivity (Wildman–Crippen MR) is 332 cm³/mol. The number of benzene rings is 4. The molecule has 0 bridgehead atoms. The zero-order valence-electron chi connectivity index (χ0n) is 52.1. The number of ketones is 3. The average molecular weight is 1170 g/mol. The second-order valence-corrected chi connectivity index (χ2v) is 16.5. The van der Waals surface area contributed by atoms with Crippen molar-refractivity contribution < 1.29 is 67.5 Å². The molecular weight excluding hydrogens is 1070 g/mol. The Balaban J connectivity index is -0.000000165. The molecule has 0 saturated carbocycles. The maximum absolute atomic E-state index is 10.8. The van der Waals surface area contributed by atoms with E-state index >= 15 is 0 Å². The molecule has 0 aliphatic rings. The van der Waals surface area contributed by atoms with Crippen molar-refractivity contribution in [3.8, 4) is 23.0 Å². The molecule has 472 valence electrons. The van der Waals surface area contributed by atoms with E-state index in [1.807, 2.05) is 81.8 Å². The van der Waals surface area contributed by atoms with Gasteiger partial charge in [-0.25, -0.2) is 0 Å². The van der Waals surface area contributed by atoms with Gasteiger partial charge in [0.25, 0.3) is 11.9 Å². The highest BCUT2D eigenvalue weighted by Crippen LogP contribution is 2.14. The standard InChI is InChI=1S/2C12H19N3O2.C11H17NO.C10H12O2.3C3H6O.2C2H4O2.2CH5N/c2*1-14-9-10-2-4-11(5-3-10)17-7-6-15-12(16)8-13;1-3-8-13-11-6-4-10(5-7-11)9-12-2;1-2-7-12-10-5-3-9(8-11)4-6-10;3*1-3(2)4;2*1-2(3)4;2*1-2/h2*2-5,14H,6-9,13H2,1H3,(H,15,16);4-7,12H,3,8-9H2,1-2H3;3-6,8H,2,7H2,1H3;3*1-2H3;2*1H3,(H,3,4);2*2H2,1H3. The Hall–Kier alpha value is -7.64. The fraction of sp³-hybridized carbons (Fsp3) is 0.467.